The van der Waals surface area contributed by atoms with Gasteiger partial charge in [0.1, 0.15) is 0 Å². The van der Waals surface area contributed by atoms with Gasteiger partial charge < -0.3 is 16.4 Å². The van der Waals surface area contributed by atoms with Crippen LogP contribution in [0.3, 0.4) is 0 Å². The van der Waals surface area contributed by atoms with E-state index in [-0.39, 0.29) is 11.9 Å². The number of hydrogen-bond donors (Lipinski definition) is 3. The van der Waals surface area contributed by atoms with E-state index >= 15 is 0 Å². The molecule has 0 aromatic carbocycles. The average molecular weight is 283 g/mol. The lowest BCUT2D eigenvalue weighted by molar-refractivity contribution is -0.121. The second kappa shape index (κ2) is 12.7. The van der Waals surface area contributed by atoms with Crippen LogP contribution in [0.5, 0.6) is 0 Å². The van der Waals surface area contributed by atoms with Crippen molar-refractivity contribution in [1.29, 1.82) is 0 Å². The van der Waals surface area contributed by atoms with Crippen molar-refractivity contribution in [1.82, 2.24) is 10.6 Å². The molecule has 0 bridgehead atoms. The SMILES string of the molecule is CCCCCCCC(=O)NC(/C=C/C(N)=O)CNCC. The largest absolute Gasteiger partial charge is 0.366 e. The number of carbonyl (C=O) groups is 2. The van der Waals surface area contributed by atoms with E-state index in [1.807, 2.05) is 6.92 Å². The van der Waals surface area contributed by atoms with Crippen molar-refractivity contribution in [2.24, 2.45) is 5.73 Å². The summed E-state index contributed by atoms with van der Waals surface area (Å²) in [5, 5.41) is 6.05. The quantitative estimate of drug-likeness (QED) is 0.375. The third-order valence-corrected chi connectivity index (χ3v) is 2.96. The van der Waals surface area contributed by atoms with E-state index in [9.17, 15) is 9.59 Å². The van der Waals surface area contributed by atoms with Gasteiger partial charge in [0.25, 0.3) is 0 Å². The number of nitrogens with one attached hydrogen (secondary N) is 2. The lowest BCUT2D eigenvalue weighted by Gasteiger charge is -2.15. The minimum Gasteiger partial charge on any atom is -0.366 e. The summed E-state index contributed by atoms with van der Waals surface area (Å²) in [6.07, 6.45) is 9.10. The van der Waals surface area contributed by atoms with Gasteiger partial charge in [-0.25, -0.2) is 0 Å². The summed E-state index contributed by atoms with van der Waals surface area (Å²) in [6, 6.07) is -0.189. The van der Waals surface area contributed by atoms with E-state index in [4.69, 9.17) is 5.73 Å². The molecule has 1 atom stereocenters. The Morgan fingerprint density at radius 2 is 1.85 bits per heavy atom. The molecule has 0 saturated carbocycles. The monoisotopic (exact) mass is 283 g/mol. The molecule has 0 saturated heterocycles. The zero-order chi connectivity index (χ0) is 15.2. The highest BCUT2D eigenvalue weighted by Gasteiger charge is 2.08. The van der Waals surface area contributed by atoms with E-state index in [1.165, 1.54) is 25.3 Å². The molecule has 5 heteroatoms. The summed E-state index contributed by atoms with van der Waals surface area (Å²) >= 11 is 0. The highest BCUT2D eigenvalue weighted by atomic mass is 16.2. The van der Waals surface area contributed by atoms with Gasteiger partial charge in [-0.3, -0.25) is 9.59 Å². The van der Waals surface area contributed by atoms with Crippen LogP contribution in [0, 0.1) is 0 Å². The van der Waals surface area contributed by atoms with Gasteiger partial charge in [0.15, 0.2) is 0 Å². The van der Waals surface area contributed by atoms with Crippen molar-refractivity contribution < 1.29 is 9.59 Å². The van der Waals surface area contributed by atoms with E-state index in [0.717, 1.165) is 19.4 Å². The van der Waals surface area contributed by atoms with Crippen LogP contribution in [0.1, 0.15) is 52.4 Å². The third kappa shape index (κ3) is 11.7. The lowest BCUT2D eigenvalue weighted by atomic mass is 10.1. The Morgan fingerprint density at radius 3 is 2.45 bits per heavy atom. The van der Waals surface area contributed by atoms with Crippen LogP contribution in [0.4, 0.5) is 0 Å². The first kappa shape index (κ1) is 18.6. The molecule has 0 aliphatic carbocycles. The fourth-order valence-electron chi connectivity index (χ4n) is 1.85. The van der Waals surface area contributed by atoms with Gasteiger partial charge in [-0.1, -0.05) is 45.6 Å². The van der Waals surface area contributed by atoms with Crippen molar-refractivity contribution in [3.63, 3.8) is 0 Å². The molecule has 0 rings (SSSR count). The van der Waals surface area contributed by atoms with Crippen LogP contribution in [-0.4, -0.2) is 30.9 Å². The number of likely N-dealkylation sites (N-methyl/N-ethyl adjacent to an activating group) is 1. The molecule has 1 unspecified atom stereocenters. The number of rotatable bonds is 12. The van der Waals surface area contributed by atoms with Gasteiger partial charge in [-0.2, -0.15) is 0 Å². The van der Waals surface area contributed by atoms with Gasteiger partial charge in [0.2, 0.25) is 11.8 Å². The molecule has 116 valence electrons. The minimum atomic E-state index is -0.500. The molecule has 0 aliphatic heterocycles. The Kier molecular flexibility index (Phi) is 11.8. The van der Waals surface area contributed by atoms with Crippen LogP contribution < -0.4 is 16.4 Å². The van der Waals surface area contributed by atoms with E-state index < -0.39 is 5.91 Å². The molecule has 0 radical (unpaired) electrons. The molecule has 5 nitrogen and oxygen atoms in total. The van der Waals surface area contributed by atoms with Crippen molar-refractivity contribution in [3.05, 3.63) is 12.2 Å². The van der Waals surface area contributed by atoms with Gasteiger partial charge >= 0.3 is 0 Å². The van der Waals surface area contributed by atoms with Crippen LogP contribution >= 0.6 is 0 Å². The molecular formula is C15H29N3O2. The van der Waals surface area contributed by atoms with Crippen molar-refractivity contribution in [2.45, 2.75) is 58.4 Å². The summed E-state index contributed by atoms with van der Waals surface area (Å²) in [5.41, 5.74) is 5.07. The number of nitrogens with two attached hydrogens (primary N) is 1. The van der Waals surface area contributed by atoms with Crippen molar-refractivity contribution in [3.8, 4) is 0 Å². The molecule has 4 N–H and O–H groups in total. The zero-order valence-electron chi connectivity index (χ0n) is 12.8. The molecule has 0 aromatic rings. The van der Waals surface area contributed by atoms with Gasteiger partial charge in [0.05, 0.1) is 6.04 Å². The van der Waals surface area contributed by atoms with Gasteiger partial charge in [-0.15, -0.1) is 0 Å². The summed E-state index contributed by atoms with van der Waals surface area (Å²) in [5.74, 6) is -0.473. The number of hydrogen-bond acceptors (Lipinski definition) is 3. The van der Waals surface area contributed by atoms with E-state index in [1.54, 1.807) is 6.08 Å². The second-order valence-electron chi connectivity index (χ2n) is 4.91. The average Bonchev–Trinajstić information content (AvgIpc) is 2.41. The minimum absolute atomic E-state index is 0.0264. The highest BCUT2D eigenvalue weighted by molar-refractivity contribution is 5.86. The van der Waals surface area contributed by atoms with Crippen molar-refractivity contribution >= 4 is 11.8 Å². The molecule has 2 amide bonds. The highest BCUT2D eigenvalue weighted by Crippen LogP contribution is 2.05. The standard InChI is InChI=1S/C15H29N3O2/c1-3-5-6-7-8-9-15(20)18-13(12-17-4-2)10-11-14(16)19/h10-11,13,17H,3-9,12H2,1-2H3,(H2,16,19)(H,18,20)/b11-10+. The topological polar surface area (TPSA) is 84.2 Å². The summed E-state index contributed by atoms with van der Waals surface area (Å²) in [4.78, 5) is 22.5. The van der Waals surface area contributed by atoms with Gasteiger partial charge in [0, 0.05) is 19.0 Å². The zero-order valence-corrected chi connectivity index (χ0v) is 12.8. The number of amides is 2. The Hall–Kier alpha value is -1.36. The second-order valence-corrected chi connectivity index (χ2v) is 4.91. The van der Waals surface area contributed by atoms with E-state index in [2.05, 4.69) is 17.6 Å². The van der Waals surface area contributed by atoms with E-state index in [0.29, 0.717) is 13.0 Å². The normalized spacial score (nSPS) is 12.5. The van der Waals surface area contributed by atoms with Crippen LogP contribution in [0.15, 0.2) is 12.2 Å². The summed E-state index contributed by atoms with van der Waals surface area (Å²) < 4.78 is 0. The summed E-state index contributed by atoms with van der Waals surface area (Å²) in [6.45, 7) is 5.57. The maximum atomic E-state index is 11.8. The lowest BCUT2D eigenvalue weighted by Crippen LogP contribution is -2.40. The first-order chi connectivity index (χ1) is 9.60. The predicted molar refractivity (Wildman–Crippen MR) is 82.2 cm³/mol. The molecule has 0 spiro atoms. The first-order valence-electron chi connectivity index (χ1n) is 7.57. The fourth-order valence-corrected chi connectivity index (χ4v) is 1.85. The number of unbranched alkanes of at least 4 members (excludes halogenated alkanes) is 4. The predicted octanol–water partition coefficient (Wildman–Crippen LogP) is 1.48. The van der Waals surface area contributed by atoms with Crippen LogP contribution in [0.2, 0.25) is 0 Å². The maximum Gasteiger partial charge on any atom is 0.241 e. The number of primary amides is 1. The Labute approximate surface area is 122 Å². The van der Waals surface area contributed by atoms with Gasteiger partial charge in [-0.05, 0) is 13.0 Å². The van der Waals surface area contributed by atoms with Crippen molar-refractivity contribution in [2.75, 3.05) is 13.1 Å². The summed E-state index contributed by atoms with van der Waals surface area (Å²) in [7, 11) is 0. The fraction of sp³-hybridized carbons (Fsp3) is 0.733. The molecule has 0 fully saturated rings. The molecule has 20 heavy (non-hydrogen) atoms. The molecular weight excluding hydrogens is 254 g/mol. The molecule has 0 aliphatic rings. The maximum absolute atomic E-state index is 11.8. The third-order valence-electron chi connectivity index (χ3n) is 2.96. The Morgan fingerprint density at radius 1 is 1.15 bits per heavy atom. The Balaban J connectivity index is 4.01. The Bertz CT molecular complexity index is 303. The smallest absolute Gasteiger partial charge is 0.241 e. The molecule has 0 aromatic heterocycles. The number of carbonyl (C=O) groups excluding carboxylic acids is 2. The van der Waals surface area contributed by atoms with Crippen LogP contribution in [-0.2, 0) is 9.59 Å². The molecule has 0 heterocycles. The van der Waals surface area contributed by atoms with Crippen LogP contribution in [0.25, 0.3) is 0 Å². The first-order valence-corrected chi connectivity index (χ1v) is 7.57.